The molecule has 0 aliphatic carbocycles. The minimum atomic E-state index is 0.0702. The monoisotopic (exact) mass is 362 g/mol. The second kappa shape index (κ2) is 8.05. The predicted octanol–water partition coefficient (Wildman–Crippen LogP) is 2.92. The van der Waals surface area contributed by atoms with E-state index >= 15 is 0 Å². The summed E-state index contributed by atoms with van der Waals surface area (Å²) in [5.74, 6) is 0.151. The fraction of sp³-hybridized carbons (Fsp3) is 0.391. The van der Waals surface area contributed by atoms with Gasteiger partial charge in [-0.05, 0) is 60.7 Å². The molecule has 1 amide bonds. The number of hydrogen-bond donors (Lipinski definition) is 1. The highest BCUT2D eigenvalue weighted by Crippen LogP contribution is 2.20. The maximum Gasteiger partial charge on any atom is 0.223 e. The van der Waals surface area contributed by atoms with Crippen molar-refractivity contribution in [3.8, 4) is 0 Å². The van der Waals surface area contributed by atoms with Crippen LogP contribution in [0, 0.1) is 0 Å². The number of nitrogens with one attached hydrogen (secondary N) is 1. The number of hydrogen-bond acceptors (Lipinski definition) is 3. The van der Waals surface area contributed by atoms with Gasteiger partial charge in [0.1, 0.15) is 0 Å². The molecule has 2 aliphatic rings. The molecular formula is C23H26N2O2. The van der Waals surface area contributed by atoms with Gasteiger partial charge in [-0.3, -0.25) is 9.59 Å². The Balaban J connectivity index is 1.35. The van der Waals surface area contributed by atoms with Crippen molar-refractivity contribution in [3.63, 3.8) is 0 Å². The minimum absolute atomic E-state index is 0.0702. The van der Waals surface area contributed by atoms with Crippen molar-refractivity contribution in [1.82, 2.24) is 10.2 Å². The number of fused-ring (bicyclic) bond motifs is 2. The first kappa shape index (κ1) is 17.9. The van der Waals surface area contributed by atoms with Crippen molar-refractivity contribution in [3.05, 3.63) is 70.3 Å². The van der Waals surface area contributed by atoms with Gasteiger partial charge in [0, 0.05) is 31.5 Å². The zero-order chi connectivity index (χ0) is 18.6. The molecule has 0 bridgehead atoms. The van der Waals surface area contributed by atoms with Crippen LogP contribution in [-0.2, 0) is 30.6 Å². The van der Waals surface area contributed by atoms with E-state index in [1.54, 1.807) is 0 Å². The quantitative estimate of drug-likeness (QED) is 0.851. The van der Waals surface area contributed by atoms with Crippen LogP contribution in [0.3, 0.4) is 0 Å². The van der Waals surface area contributed by atoms with Crippen LogP contribution in [0.4, 0.5) is 0 Å². The Labute approximate surface area is 160 Å². The van der Waals surface area contributed by atoms with Crippen LogP contribution >= 0.6 is 0 Å². The largest absolute Gasteiger partial charge is 0.338 e. The van der Waals surface area contributed by atoms with Crippen molar-refractivity contribution in [2.24, 2.45) is 0 Å². The zero-order valence-electron chi connectivity index (χ0n) is 15.7. The summed E-state index contributed by atoms with van der Waals surface area (Å²) in [7, 11) is 0. The van der Waals surface area contributed by atoms with Gasteiger partial charge < -0.3 is 10.2 Å². The molecule has 0 saturated carbocycles. The van der Waals surface area contributed by atoms with Crippen LogP contribution in [0.25, 0.3) is 0 Å². The van der Waals surface area contributed by atoms with E-state index in [1.165, 1.54) is 22.3 Å². The first-order chi connectivity index (χ1) is 13.2. The highest BCUT2D eigenvalue weighted by Gasteiger charge is 2.21. The lowest BCUT2D eigenvalue weighted by Gasteiger charge is -2.28. The van der Waals surface area contributed by atoms with Crippen LogP contribution < -0.4 is 5.32 Å². The van der Waals surface area contributed by atoms with Gasteiger partial charge in [0.2, 0.25) is 5.91 Å². The van der Waals surface area contributed by atoms with Gasteiger partial charge in [0.25, 0.3) is 0 Å². The second-order valence-corrected chi connectivity index (χ2v) is 7.49. The Morgan fingerprint density at radius 1 is 0.852 bits per heavy atom. The smallest absolute Gasteiger partial charge is 0.223 e. The maximum atomic E-state index is 12.6. The molecule has 0 saturated heterocycles. The lowest BCUT2D eigenvalue weighted by atomic mass is 9.96. The molecular weight excluding hydrogens is 336 g/mol. The summed E-state index contributed by atoms with van der Waals surface area (Å²) in [5, 5.41) is 3.39. The zero-order valence-corrected chi connectivity index (χ0v) is 15.7. The molecule has 0 spiro atoms. The van der Waals surface area contributed by atoms with Crippen molar-refractivity contribution in [2.45, 2.75) is 38.6 Å². The molecule has 4 nitrogen and oxygen atoms in total. The molecule has 0 radical (unpaired) electrons. The SMILES string of the molecule is O=C(CCC(=O)N1CCc2ccccc2C1)c1ccc2c(c1)CCNCC2. The van der Waals surface area contributed by atoms with E-state index in [-0.39, 0.29) is 18.1 Å². The molecule has 2 aromatic rings. The lowest BCUT2D eigenvalue weighted by Crippen LogP contribution is -2.36. The third-order valence-corrected chi connectivity index (χ3v) is 5.72. The van der Waals surface area contributed by atoms with Gasteiger partial charge in [0.05, 0.1) is 0 Å². The van der Waals surface area contributed by atoms with Gasteiger partial charge in [0.15, 0.2) is 5.78 Å². The third-order valence-electron chi connectivity index (χ3n) is 5.72. The molecule has 0 atom stereocenters. The number of Topliss-reactive ketones (excluding diaryl/α,β-unsaturated/α-hetero) is 1. The standard InChI is InChI=1S/C23H26N2O2/c26-22(20-6-5-18-9-12-24-13-10-19(18)15-20)7-8-23(27)25-14-11-17-3-1-2-4-21(17)16-25/h1-6,15,24H,7-14,16H2. The Hall–Kier alpha value is -2.46. The van der Waals surface area contributed by atoms with E-state index in [1.807, 2.05) is 29.2 Å². The molecule has 4 heteroatoms. The first-order valence-electron chi connectivity index (χ1n) is 9.91. The van der Waals surface area contributed by atoms with E-state index in [9.17, 15) is 9.59 Å². The topological polar surface area (TPSA) is 49.4 Å². The molecule has 0 aromatic heterocycles. The molecule has 2 aliphatic heterocycles. The molecule has 140 valence electrons. The van der Waals surface area contributed by atoms with Crippen molar-refractivity contribution in [1.29, 1.82) is 0 Å². The molecule has 2 aromatic carbocycles. The summed E-state index contributed by atoms with van der Waals surface area (Å²) in [6.45, 7) is 3.36. The van der Waals surface area contributed by atoms with Gasteiger partial charge in [-0.25, -0.2) is 0 Å². The van der Waals surface area contributed by atoms with E-state index in [0.717, 1.165) is 44.5 Å². The summed E-state index contributed by atoms with van der Waals surface area (Å²) >= 11 is 0. The summed E-state index contributed by atoms with van der Waals surface area (Å²) in [6, 6.07) is 14.3. The number of benzene rings is 2. The number of ketones is 1. The molecule has 1 N–H and O–H groups in total. The van der Waals surface area contributed by atoms with E-state index in [0.29, 0.717) is 13.0 Å². The van der Waals surface area contributed by atoms with E-state index < -0.39 is 0 Å². The van der Waals surface area contributed by atoms with E-state index in [4.69, 9.17) is 0 Å². The maximum absolute atomic E-state index is 12.6. The summed E-state index contributed by atoms with van der Waals surface area (Å²) in [5.41, 5.74) is 5.90. The third kappa shape index (κ3) is 4.11. The average molecular weight is 362 g/mol. The summed E-state index contributed by atoms with van der Waals surface area (Å²) in [4.78, 5) is 27.1. The Kier molecular flexibility index (Phi) is 5.35. The average Bonchev–Trinajstić information content (AvgIpc) is 2.96. The molecule has 4 rings (SSSR count). The van der Waals surface area contributed by atoms with Crippen molar-refractivity contribution in [2.75, 3.05) is 19.6 Å². The number of carbonyl (C=O) groups is 2. The van der Waals surface area contributed by atoms with Crippen LogP contribution in [0.5, 0.6) is 0 Å². The van der Waals surface area contributed by atoms with Crippen LogP contribution in [0.15, 0.2) is 42.5 Å². The van der Waals surface area contributed by atoms with Crippen LogP contribution in [-0.4, -0.2) is 36.2 Å². The van der Waals surface area contributed by atoms with Crippen molar-refractivity contribution >= 4 is 11.7 Å². The molecule has 0 fully saturated rings. The Morgan fingerprint density at radius 2 is 1.59 bits per heavy atom. The predicted molar refractivity (Wildman–Crippen MR) is 106 cm³/mol. The number of carbonyl (C=O) groups excluding carboxylic acids is 2. The summed E-state index contributed by atoms with van der Waals surface area (Å²) < 4.78 is 0. The fourth-order valence-corrected chi connectivity index (χ4v) is 4.08. The first-order valence-corrected chi connectivity index (χ1v) is 9.91. The molecule has 2 heterocycles. The van der Waals surface area contributed by atoms with Crippen LogP contribution in [0.1, 0.15) is 45.5 Å². The molecule has 0 unspecified atom stereocenters. The minimum Gasteiger partial charge on any atom is -0.338 e. The highest BCUT2D eigenvalue weighted by molar-refractivity contribution is 5.98. The van der Waals surface area contributed by atoms with Gasteiger partial charge in [-0.15, -0.1) is 0 Å². The number of nitrogens with zero attached hydrogens (tertiary/aromatic N) is 1. The van der Waals surface area contributed by atoms with Crippen LogP contribution in [0.2, 0.25) is 0 Å². The van der Waals surface area contributed by atoms with Gasteiger partial charge >= 0.3 is 0 Å². The van der Waals surface area contributed by atoms with Gasteiger partial charge in [-0.1, -0.05) is 36.4 Å². The number of rotatable bonds is 4. The van der Waals surface area contributed by atoms with E-state index in [2.05, 4.69) is 23.5 Å². The Morgan fingerprint density at radius 3 is 2.44 bits per heavy atom. The summed E-state index contributed by atoms with van der Waals surface area (Å²) in [6.07, 6.45) is 3.45. The Bertz CT molecular complexity index is 859. The second-order valence-electron chi connectivity index (χ2n) is 7.49. The molecule has 27 heavy (non-hydrogen) atoms. The van der Waals surface area contributed by atoms with Crippen molar-refractivity contribution < 1.29 is 9.59 Å². The number of amides is 1. The lowest BCUT2D eigenvalue weighted by molar-refractivity contribution is -0.132. The van der Waals surface area contributed by atoms with Gasteiger partial charge in [-0.2, -0.15) is 0 Å². The highest BCUT2D eigenvalue weighted by atomic mass is 16.2. The normalized spacial score (nSPS) is 16.2. The fourth-order valence-electron chi connectivity index (χ4n) is 4.08.